The molecule has 2 saturated heterocycles. The van der Waals surface area contributed by atoms with Crippen LogP contribution in [0.4, 0.5) is 0 Å². The van der Waals surface area contributed by atoms with E-state index in [1.807, 2.05) is 18.6 Å². The van der Waals surface area contributed by atoms with E-state index in [0.29, 0.717) is 12.3 Å². The average molecular weight is 356 g/mol. The van der Waals surface area contributed by atoms with Crippen molar-refractivity contribution in [3.63, 3.8) is 0 Å². The summed E-state index contributed by atoms with van der Waals surface area (Å²) in [6, 6.07) is 0. The molecule has 4 rings (SSSR count). The summed E-state index contributed by atoms with van der Waals surface area (Å²) in [5.74, 6) is 1.42. The highest BCUT2D eigenvalue weighted by Crippen LogP contribution is 2.39. The van der Waals surface area contributed by atoms with Gasteiger partial charge in [0.25, 0.3) is 0 Å². The van der Waals surface area contributed by atoms with Gasteiger partial charge in [-0.05, 0) is 25.8 Å². The van der Waals surface area contributed by atoms with Gasteiger partial charge in [-0.3, -0.25) is 9.69 Å². The molecule has 0 saturated carbocycles. The van der Waals surface area contributed by atoms with E-state index in [1.54, 1.807) is 6.33 Å². The molecule has 1 atom stereocenters. The summed E-state index contributed by atoms with van der Waals surface area (Å²) < 4.78 is 2.10. The number of aromatic nitrogens is 4. The van der Waals surface area contributed by atoms with Crippen LogP contribution in [0.1, 0.15) is 37.2 Å². The molecule has 1 N–H and O–H groups in total. The first-order chi connectivity index (χ1) is 12.6. The highest BCUT2D eigenvalue weighted by molar-refractivity contribution is 5.77. The quantitative estimate of drug-likeness (QED) is 0.883. The molecule has 2 aliphatic heterocycles. The zero-order chi connectivity index (χ0) is 18.0. The minimum Gasteiger partial charge on any atom is -0.348 e. The van der Waals surface area contributed by atoms with Crippen molar-refractivity contribution in [2.75, 3.05) is 26.2 Å². The van der Waals surface area contributed by atoms with Crippen LogP contribution in [0, 0.1) is 5.41 Å². The molecule has 26 heavy (non-hydrogen) atoms. The van der Waals surface area contributed by atoms with Gasteiger partial charge in [-0.15, -0.1) is 0 Å². The number of amides is 1. The van der Waals surface area contributed by atoms with Crippen molar-refractivity contribution in [2.45, 2.75) is 38.6 Å². The number of hydrogen-bond acceptors (Lipinski definition) is 4. The van der Waals surface area contributed by atoms with Crippen molar-refractivity contribution in [3.05, 3.63) is 36.4 Å². The number of nitrogens with one attached hydrogen (secondary N) is 1. The molecule has 0 aliphatic carbocycles. The van der Waals surface area contributed by atoms with Crippen molar-refractivity contribution >= 4 is 5.91 Å². The summed E-state index contributed by atoms with van der Waals surface area (Å²) in [5, 5.41) is 0. The van der Waals surface area contributed by atoms with Crippen molar-refractivity contribution in [2.24, 2.45) is 12.5 Å². The largest absolute Gasteiger partial charge is 0.348 e. The summed E-state index contributed by atoms with van der Waals surface area (Å²) in [5.41, 5.74) is 1.34. The number of carbonyl (C=O) groups is 1. The van der Waals surface area contributed by atoms with Crippen LogP contribution in [0.5, 0.6) is 0 Å². The Balaban J connectivity index is 1.39. The van der Waals surface area contributed by atoms with Crippen LogP contribution >= 0.6 is 0 Å². The Morgan fingerprint density at radius 3 is 3.00 bits per heavy atom. The highest BCUT2D eigenvalue weighted by Gasteiger charge is 2.41. The number of likely N-dealkylation sites (tertiary alicyclic amines) is 2. The maximum Gasteiger partial charge on any atom is 0.222 e. The number of carbonyl (C=O) groups excluding carboxylic acids is 1. The van der Waals surface area contributed by atoms with Crippen LogP contribution in [0.15, 0.2) is 24.9 Å². The van der Waals surface area contributed by atoms with E-state index in [4.69, 9.17) is 0 Å². The second kappa shape index (κ2) is 7.23. The van der Waals surface area contributed by atoms with Gasteiger partial charge < -0.3 is 14.5 Å². The number of H-pyrrole nitrogens is 1. The zero-order valence-corrected chi connectivity index (χ0v) is 15.5. The van der Waals surface area contributed by atoms with Gasteiger partial charge in [0.2, 0.25) is 5.91 Å². The number of nitrogens with zero attached hydrogens (tertiary/aromatic N) is 5. The Morgan fingerprint density at radius 1 is 1.31 bits per heavy atom. The third kappa shape index (κ3) is 3.67. The van der Waals surface area contributed by atoms with Gasteiger partial charge in [0.1, 0.15) is 5.82 Å². The summed E-state index contributed by atoms with van der Waals surface area (Å²) in [6.07, 6.45) is 12.4. The van der Waals surface area contributed by atoms with Gasteiger partial charge in [0, 0.05) is 69.2 Å². The molecule has 7 nitrogen and oxygen atoms in total. The molecule has 140 valence electrons. The van der Waals surface area contributed by atoms with E-state index < -0.39 is 0 Å². The normalized spacial score (nSPS) is 24.5. The van der Waals surface area contributed by atoms with E-state index in [-0.39, 0.29) is 5.41 Å². The molecule has 4 heterocycles. The average Bonchev–Trinajstić information content (AvgIpc) is 3.29. The van der Waals surface area contributed by atoms with Crippen molar-refractivity contribution in [3.8, 4) is 0 Å². The maximum absolute atomic E-state index is 12.4. The Kier molecular flexibility index (Phi) is 4.80. The zero-order valence-electron chi connectivity index (χ0n) is 15.5. The van der Waals surface area contributed by atoms with Crippen LogP contribution in [0.25, 0.3) is 0 Å². The summed E-state index contributed by atoms with van der Waals surface area (Å²) in [6.45, 7) is 4.75. The molecule has 2 aliphatic rings. The van der Waals surface area contributed by atoms with Crippen LogP contribution in [-0.4, -0.2) is 61.4 Å². The van der Waals surface area contributed by atoms with Gasteiger partial charge in [-0.25, -0.2) is 9.97 Å². The molecule has 0 bridgehead atoms. The summed E-state index contributed by atoms with van der Waals surface area (Å²) >= 11 is 0. The van der Waals surface area contributed by atoms with E-state index in [1.165, 1.54) is 12.8 Å². The van der Waals surface area contributed by atoms with E-state index in [0.717, 1.165) is 57.1 Å². The molecule has 2 aromatic rings. The first-order valence-electron chi connectivity index (χ1n) is 9.57. The molecule has 2 fully saturated rings. The lowest BCUT2D eigenvalue weighted by Gasteiger charge is -2.48. The number of imidazole rings is 2. The third-order valence-electron chi connectivity index (χ3n) is 5.98. The van der Waals surface area contributed by atoms with Crippen molar-refractivity contribution < 1.29 is 4.79 Å². The lowest BCUT2D eigenvalue weighted by atomic mass is 9.73. The molecule has 1 spiro atoms. The van der Waals surface area contributed by atoms with Crippen LogP contribution < -0.4 is 0 Å². The topological polar surface area (TPSA) is 70.1 Å². The number of rotatable bonds is 5. The smallest absolute Gasteiger partial charge is 0.222 e. The monoisotopic (exact) mass is 356 g/mol. The van der Waals surface area contributed by atoms with Crippen LogP contribution in [0.2, 0.25) is 0 Å². The molecule has 0 aromatic carbocycles. The summed E-state index contributed by atoms with van der Waals surface area (Å²) in [7, 11) is 2.05. The Bertz CT molecular complexity index is 739. The number of piperidine rings is 2. The minimum atomic E-state index is 0.241. The summed E-state index contributed by atoms with van der Waals surface area (Å²) in [4.78, 5) is 28.7. The third-order valence-corrected chi connectivity index (χ3v) is 5.98. The van der Waals surface area contributed by atoms with Gasteiger partial charge in [0.05, 0.1) is 12.9 Å². The fourth-order valence-corrected chi connectivity index (χ4v) is 4.51. The molecule has 0 radical (unpaired) electrons. The number of aromatic amines is 1. The van der Waals surface area contributed by atoms with E-state index >= 15 is 0 Å². The fraction of sp³-hybridized carbons (Fsp3) is 0.632. The van der Waals surface area contributed by atoms with Crippen molar-refractivity contribution in [1.82, 2.24) is 29.3 Å². The molecule has 7 heteroatoms. The van der Waals surface area contributed by atoms with Crippen LogP contribution in [-0.2, 0) is 24.8 Å². The van der Waals surface area contributed by atoms with Crippen molar-refractivity contribution in [1.29, 1.82) is 0 Å². The highest BCUT2D eigenvalue weighted by atomic mass is 16.2. The Labute approximate surface area is 154 Å². The first-order valence-corrected chi connectivity index (χ1v) is 9.57. The van der Waals surface area contributed by atoms with Gasteiger partial charge in [0.15, 0.2) is 0 Å². The maximum atomic E-state index is 12.4. The van der Waals surface area contributed by atoms with E-state index in [9.17, 15) is 4.79 Å². The SMILES string of the molecule is Cn1ccnc1CN1CCC[C@]2(CCC(=O)N(CCc3cnc[nH]3)C2)C1. The Hall–Kier alpha value is -2.15. The molecular weight excluding hydrogens is 328 g/mol. The second-order valence-electron chi connectivity index (χ2n) is 7.91. The predicted molar refractivity (Wildman–Crippen MR) is 98.3 cm³/mol. The van der Waals surface area contributed by atoms with Gasteiger partial charge >= 0.3 is 0 Å². The van der Waals surface area contributed by atoms with Gasteiger partial charge in [-0.2, -0.15) is 0 Å². The molecule has 1 amide bonds. The molecular formula is C19H28N6O. The first kappa shape index (κ1) is 17.3. The van der Waals surface area contributed by atoms with E-state index in [2.05, 4.69) is 36.4 Å². The lowest BCUT2D eigenvalue weighted by molar-refractivity contribution is -0.139. The predicted octanol–water partition coefficient (Wildman–Crippen LogP) is 1.59. The number of aryl methyl sites for hydroxylation is 1. The van der Waals surface area contributed by atoms with Crippen LogP contribution in [0.3, 0.4) is 0 Å². The number of hydrogen-bond donors (Lipinski definition) is 1. The lowest BCUT2D eigenvalue weighted by Crippen LogP contribution is -2.54. The Morgan fingerprint density at radius 2 is 2.23 bits per heavy atom. The minimum absolute atomic E-state index is 0.241. The van der Waals surface area contributed by atoms with Gasteiger partial charge in [-0.1, -0.05) is 0 Å². The second-order valence-corrected chi connectivity index (χ2v) is 7.91. The molecule has 0 unspecified atom stereocenters. The molecule has 2 aromatic heterocycles. The fourth-order valence-electron chi connectivity index (χ4n) is 4.51. The standard InChI is InChI=1S/C19H28N6O/c1-23-10-7-21-17(23)12-24-8-2-5-19(13-24)6-3-18(26)25(14-19)9-4-16-11-20-15-22-16/h7,10-11,15H,2-6,8-9,12-14H2,1H3,(H,20,22)/t19-/m0/s1.